The number of alkyl halides is 3. The second kappa shape index (κ2) is 5.97. The predicted molar refractivity (Wildman–Crippen MR) is 80.3 cm³/mol. The van der Waals surface area contributed by atoms with Crippen LogP contribution in [0, 0.1) is 0 Å². The molecule has 2 aromatic rings. The van der Waals surface area contributed by atoms with E-state index in [1.54, 1.807) is 24.3 Å². The van der Waals surface area contributed by atoms with Gasteiger partial charge in [0.1, 0.15) is 11.4 Å². The zero-order valence-electron chi connectivity index (χ0n) is 12.4. The third-order valence-electron chi connectivity index (χ3n) is 3.29. The van der Waals surface area contributed by atoms with Gasteiger partial charge in [-0.3, -0.25) is 9.19 Å². The average Bonchev–Trinajstić information content (AvgIpc) is 2.93. The Labute approximate surface area is 137 Å². The normalized spacial score (nSPS) is 16.7. The van der Waals surface area contributed by atoms with Crippen molar-refractivity contribution in [2.45, 2.75) is 11.2 Å². The number of hydrogen-bond donors (Lipinski definition) is 0. The Hall–Kier alpha value is -2.29. The van der Waals surface area contributed by atoms with Crippen LogP contribution in [0.5, 0.6) is 5.75 Å². The molecule has 126 valence electrons. The van der Waals surface area contributed by atoms with Gasteiger partial charge in [-0.15, -0.1) is 0 Å². The highest BCUT2D eigenvalue weighted by Crippen LogP contribution is 2.32. The highest BCUT2D eigenvalue weighted by molar-refractivity contribution is 7.85. The number of nitrogens with zero attached hydrogens (tertiary/aromatic N) is 3. The van der Waals surface area contributed by atoms with Crippen LogP contribution in [-0.4, -0.2) is 28.2 Å². The summed E-state index contributed by atoms with van der Waals surface area (Å²) in [6.07, 6.45) is -1.75. The molecule has 0 aliphatic carbocycles. The van der Waals surface area contributed by atoms with E-state index < -0.39 is 28.6 Å². The summed E-state index contributed by atoms with van der Waals surface area (Å²) in [6, 6.07) is 9.55. The van der Waals surface area contributed by atoms with Crippen molar-refractivity contribution in [3.8, 4) is 5.75 Å². The van der Waals surface area contributed by atoms with E-state index in [4.69, 9.17) is 4.74 Å². The lowest BCUT2D eigenvalue weighted by Crippen LogP contribution is -2.27. The molecule has 0 saturated carbocycles. The molecule has 24 heavy (non-hydrogen) atoms. The van der Waals surface area contributed by atoms with Crippen molar-refractivity contribution in [1.29, 1.82) is 0 Å². The maximum atomic E-state index is 12.3. The lowest BCUT2D eigenvalue weighted by atomic mass is 10.3. The van der Waals surface area contributed by atoms with E-state index in [9.17, 15) is 17.4 Å². The van der Waals surface area contributed by atoms with Crippen LogP contribution in [0.25, 0.3) is 0 Å². The Morgan fingerprint density at radius 1 is 1.17 bits per heavy atom. The molecule has 3 rings (SSSR count). The summed E-state index contributed by atoms with van der Waals surface area (Å²) in [5, 5.41) is 1.10. The minimum absolute atomic E-state index is 0.0384. The maximum absolute atomic E-state index is 12.3. The Kier molecular flexibility index (Phi) is 4.12. The number of para-hydroxylation sites is 2. The van der Waals surface area contributed by atoms with Crippen molar-refractivity contribution < 1.29 is 22.1 Å². The van der Waals surface area contributed by atoms with Gasteiger partial charge in [-0.05, 0) is 18.2 Å². The van der Waals surface area contributed by atoms with Gasteiger partial charge in [-0.25, -0.2) is 9.98 Å². The maximum Gasteiger partial charge on any atom is 0.422 e. The van der Waals surface area contributed by atoms with Gasteiger partial charge in [0, 0.05) is 18.5 Å². The molecule has 1 aliphatic heterocycles. The summed E-state index contributed by atoms with van der Waals surface area (Å²) in [6.45, 7) is -1.42. The summed E-state index contributed by atoms with van der Waals surface area (Å²) in [4.78, 5) is 11.4. The molecule has 5 nitrogen and oxygen atoms in total. The Morgan fingerprint density at radius 2 is 1.79 bits per heavy atom. The van der Waals surface area contributed by atoms with Gasteiger partial charge >= 0.3 is 6.18 Å². The fourth-order valence-electron chi connectivity index (χ4n) is 2.24. The minimum atomic E-state index is -4.45. The van der Waals surface area contributed by atoms with E-state index >= 15 is 0 Å². The molecule has 0 saturated heterocycles. The van der Waals surface area contributed by atoms with Crippen molar-refractivity contribution >= 4 is 10.8 Å². The molecule has 1 aromatic carbocycles. The van der Waals surface area contributed by atoms with E-state index in [2.05, 4.69) is 15.0 Å². The van der Waals surface area contributed by atoms with E-state index in [0.29, 0.717) is 10.7 Å². The first kappa shape index (κ1) is 16.6. The summed E-state index contributed by atoms with van der Waals surface area (Å²) in [5.41, 5.74) is 0.166. The number of fused-ring (bicyclic) bond motifs is 1. The van der Waals surface area contributed by atoms with Crippen LogP contribution >= 0.6 is 0 Å². The third-order valence-corrected chi connectivity index (χ3v) is 4.49. The van der Waals surface area contributed by atoms with Crippen LogP contribution in [0.2, 0.25) is 0 Å². The largest absolute Gasteiger partial charge is 0.484 e. The van der Waals surface area contributed by atoms with Gasteiger partial charge in [0.15, 0.2) is 6.61 Å². The first-order chi connectivity index (χ1) is 11.3. The van der Waals surface area contributed by atoms with Crippen molar-refractivity contribution in [2.24, 2.45) is 9.98 Å². The summed E-state index contributed by atoms with van der Waals surface area (Å²) < 4.78 is 54.0. The monoisotopic (exact) mass is 355 g/mol. The lowest BCUT2D eigenvalue weighted by Gasteiger charge is -2.20. The van der Waals surface area contributed by atoms with Gasteiger partial charge < -0.3 is 4.74 Å². The van der Waals surface area contributed by atoms with Gasteiger partial charge in [0.2, 0.25) is 0 Å². The summed E-state index contributed by atoms with van der Waals surface area (Å²) in [5.74, 6) is -0.0384. The summed E-state index contributed by atoms with van der Waals surface area (Å²) >= 11 is 0. The van der Waals surface area contributed by atoms with E-state index in [0.717, 1.165) is 0 Å². The molecule has 1 aromatic heterocycles. The van der Waals surface area contributed by atoms with Crippen LogP contribution in [0.15, 0.2) is 52.6 Å². The summed E-state index contributed by atoms with van der Waals surface area (Å²) in [7, 11) is -1.58. The molecule has 0 amide bonds. The number of benzene rings is 1. The minimum Gasteiger partial charge on any atom is -0.484 e. The molecule has 0 spiro atoms. The number of hydrogen-bond acceptors (Lipinski definition) is 5. The van der Waals surface area contributed by atoms with E-state index in [-0.39, 0.29) is 11.4 Å². The van der Waals surface area contributed by atoms with Crippen molar-refractivity contribution in [1.82, 2.24) is 4.98 Å². The fourth-order valence-corrected chi connectivity index (χ4v) is 3.10. The zero-order chi connectivity index (χ0) is 17.4. The van der Waals surface area contributed by atoms with Crippen LogP contribution in [0.1, 0.15) is 5.69 Å². The number of halogens is 3. The quantitative estimate of drug-likeness (QED) is 0.834. The highest BCUT2D eigenvalue weighted by atomic mass is 32.2. The van der Waals surface area contributed by atoms with Crippen LogP contribution in [0.4, 0.5) is 13.2 Å². The van der Waals surface area contributed by atoms with Gasteiger partial charge in [-0.1, -0.05) is 12.1 Å². The van der Waals surface area contributed by atoms with Crippen molar-refractivity contribution in [2.75, 3.05) is 12.9 Å². The lowest BCUT2D eigenvalue weighted by molar-refractivity contribution is -0.153. The first-order valence-corrected chi connectivity index (χ1v) is 8.40. The molecule has 9 heteroatoms. The second-order valence-electron chi connectivity index (χ2n) is 5.06. The average molecular weight is 355 g/mol. The molecule has 0 N–H and O–H groups in total. The molecule has 0 radical (unpaired) electrons. The number of ether oxygens (including phenoxy) is 1. The van der Waals surface area contributed by atoms with Crippen LogP contribution in [0.3, 0.4) is 0 Å². The van der Waals surface area contributed by atoms with Gasteiger partial charge in [0.05, 0.1) is 21.5 Å². The molecule has 1 unspecified atom stereocenters. The SMILES string of the molecule is CS(=O)C1(c2cc(OCC(F)(F)F)ccn2)N=c2ccccc2=N1. The molecule has 1 atom stereocenters. The standard InChI is InChI=1S/C15H12F3N3O2S/c1-24(22)15(20-11-4-2-3-5-12(11)21-15)13-8-10(6-7-19-13)23-9-14(16,17)18/h2-8H,9H2,1H3. The Bertz CT molecular complexity index is 880. The first-order valence-electron chi connectivity index (χ1n) is 6.85. The number of rotatable bonds is 4. The molecule has 0 fully saturated rings. The second-order valence-corrected chi connectivity index (χ2v) is 6.53. The van der Waals surface area contributed by atoms with Crippen LogP contribution < -0.4 is 15.5 Å². The highest BCUT2D eigenvalue weighted by Gasteiger charge is 2.40. The van der Waals surface area contributed by atoms with Gasteiger partial charge in [-0.2, -0.15) is 13.2 Å². The molecule has 1 aliphatic rings. The van der Waals surface area contributed by atoms with E-state index in [1.807, 2.05) is 0 Å². The number of pyridine rings is 1. The third kappa shape index (κ3) is 3.16. The van der Waals surface area contributed by atoms with Crippen molar-refractivity contribution in [3.63, 3.8) is 0 Å². The van der Waals surface area contributed by atoms with Gasteiger partial charge in [0.25, 0.3) is 4.99 Å². The Balaban J connectivity index is 2.03. The van der Waals surface area contributed by atoms with E-state index in [1.165, 1.54) is 24.6 Å². The molecule has 2 heterocycles. The molecular weight excluding hydrogens is 343 g/mol. The van der Waals surface area contributed by atoms with Crippen LogP contribution in [-0.2, 0) is 15.8 Å². The molecular formula is C15H12F3N3O2S. The topological polar surface area (TPSA) is 63.9 Å². The smallest absolute Gasteiger partial charge is 0.422 e. The number of aromatic nitrogens is 1. The zero-order valence-corrected chi connectivity index (χ0v) is 13.3. The van der Waals surface area contributed by atoms with Crippen molar-refractivity contribution in [3.05, 3.63) is 59.0 Å². The Morgan fingerprint density at radius 3 is 2.33 bits per heavy atom. The predicted octanol–water partition coefficient (Wildman–Crippen LogP) is 1.46. The fraction of sp³-hybridized carbons (Fsp3) is 0.267. The molecule has 0 bridgehead atoms.